The van der Waals surface area contributed by atoms with E-state index in [1.165, 1.54) is 11.1 Å². The van der Waals surface area contributed by atoms with Gasteiger partial charge in [0.1, 0.15) is 18.5 Å². The van der Waals surface area contributed by atoms with Crippen LogP contribution in [0.25, 0.3) is 0 Å². The molecule has 0 aromatic heterocycles. The first-order valence-corrected chi connectivity index (χ1v) is 6.53. The number of benzene rings is 1. The van der Waals surface area contributed by atoms with Gasteiger partial charge in [-0.15, -0.1) is 0 Å². The van der Waals surface area contributed by atoms with Crippen molar-refractivity contribution < 1.29 is 9.84 Å². The van der Waals surface area contributed by atoms with Gasteiger partial charge in [0.05, 0.1) is 0 Å². The number of aliphatic hydroxyl groups is 1. The molecule has 0 aliphatic carbocycles. The number of rotatable bonds is 6. The number of hydrogen-bond acceptors (Lipinski definition) is 3. The van der Waals surface area contributed by atoms with E-state index in [1.54, 1.807) is 0 Å². The van der Waals surface area contributed by atoms with Gasteiger partial charge in [0, 0.05) is 12.6 Å². The maximum atomic E-state index is 9.79. The lowest BCUT2D eigenvalue weighted by Gasteiger charge is -2.17. The molecule has 0 aliphatic rings. The summed E-state index contributed by atoms with van der Waals surface area (Å²) < 4.78 is 5.68. The Hall–Kier alpha value is -1.06. The molecule has 3 heteroatoms. The first-order chi connectivity index (χ1) is 8.41. The van der Waals surface area contributed by atoms with Gasteiger partial charge in [0.25, 0.3) is 0 Å². The van der Waals surface area contributed by atoms with E-state index in [0.717, 1.165) is 11.3 Å². The minimum Gasteiger partial charge on any atom is -0.491 e. The second-order valence-electron chi connectivity index (χ2n) is 5.16. The molecule has 1 aromatic carbocycles. The molecule has 3 nitrogen and oxygen atoms in total. The van der Waals surface area contributed by atoms with Crippen LogP contribution in [0.1, 0.15) is 30.5 Å². The number of hydrogen-bond donors (Lipinski definition) is 2. The van der Waals surface area contributed by atoms with E-state index in [9.17, 15) is 5.11 Å². The Bertz CT molecular complexity index is 388. The molecular weight excluding hydrogens is 226 g/mol. The molecule has 102 valence electrons. The highest BCUT2D eigenvalue weighted by Crippen LogP contribution is 2.23. The Labute approximate surface area is 110 Å². The lowest BCUT2D eigenvalue weighted by Crippen LogP contribution is -2.35. The summed E-state index contributed by atoms with van der Waals surface area (Å²) in [5.41, 5.74) is 3.67. The van der Waals surface area contributed by atoms with Crippen LogP contribution >= 0.6 is 0 Å². The third-order valence-corrected chi connectivity index (χ3v) is 3.20. The van der Waals surface area contributed by atoms with E-state index in [2.05, 4.69) is 46.0 Å². The zero-order chi connectivity index (χ0) is 13.7. The summed E-state index contributed by atoms with van der Waals surface area (Å²) in [5, 5.41) is 13.0. The van der Waals surface area contributed by atoms with Crippen LogP contribution in [0, 0.1) is 20.8 Å². The molecule has 0 saturated heterocycles. The lowest BCUT2D eigenvalue weighted by atomic mass is 10.0. The van der Waals surface area contributed by atoms with Crippen molar-refractivity contribution in [2.24, 2.45) is 0 Å². The molecule has 0 radical (unpaired) electrons. The van der Waals surface area contributed by atoms with E-state index >= 15 is 0 Å². The third kappa shape index (κ3) is 4.31. The first kappa shape index (κ1) is 15.0. The van der Waals surface area contributed by atoms with Gasteiger partial charge in [-0.05, 0) is 43.5 Å². The highest BCUT2D eigenvalue weighted by molar-refractivity contribution is 5.42. The quantitative estimate of drug-likeness (QED) is 0.815. The third-order valence-electron chi connectivity index (χ3n) is 3.20. The molecule has 0 fully saturated rings. The van der Waals surface area contributed by atoms with Crippen LogP contribution in [0.4, 0.5) is 0 Å². The van der Waals surface area contributed by atoms with Gasteiger partial charge in [-0.25, -0.2) is 0 Å². The highest BCUT2D eigenvalue weighted by Gasteiger charge is 2.09. The Balaban J connectivity index is 2.51. The second kappa shape index (κ2) is 6.76. The van der Waals surface area contributed by atoms with Crippen LogP contribution in [-0.2, 0) is 0 Å². The van der Waals surface area contributed by atoms with Crippen LogP contribution in [0.15, 0.2) is 12.1 Å². The average molecular weight is 251 g/mol. The van der Waals surface area contributed by atoms with E-state index < -0.39 is 6.10 Å². The van der Waals surface area contributed by atoms with Crippen LogP contribution in [-0.4, -0.2) is 30.4 Å². The summed E-state index contributed by atoms with van der Waals surface area (Å²) in [5.74, 6) is 0.863. The molecule has 0 aliphatic heterocycles. The Morgan fingerprint density at radius 2 is 1.83 bits per heavy atom. The summed E-state index contributed by atoms with van der Waals surface area (Å²) in [6.07, 6.45) is -0.478. The highest BCUT2D eigenvalue weighted by atomic mass is 16.5. The van der Waals surface area contributed by atoms with Gasteiger partial charge >= 0.3 is 0 Å². The Morgan fingerprint density at radius 1 is 1.17 bits per heavy atom. The molecule has 1 atom stereocenters. The van der Waals surface area contributed by atoms with Crippen LogP contribution < -0.4 is 10.1 Å². The molecule has 0 amide bonds. The minimum atomic E-state index is -0.478. The molecule has 0 spiro atoms. The van der Waals surface area contributed by atoms with E-state index in [-0.39, 0.29) is 0 Å². The van der Waals surface area contributed by atoms with Crippen LogP contribution in [0.5, 0.6) is 5.75 Å². The maximum Gasteiger partial charge on any atom is 0.122 e. The minimum absolute atomic E-state index is 0.322. The smallest absolute Gasteiger partial charge is 0.122 e. The number of ether oxygens (including phenoxy) is 1. The molecule has 1 aromatic rings. The summed E-state index contributed by atoms with van der Waals surface area (Å²) in [4.78, 5) is 0. The Kier molecular flexibility index (Phi) is 5.63. The van der Waals surface area contributed by atoms with Crippen molar-refractivity contribution in [3.63, 3.8) is 0 Å². The van der Waals surface area contributed by atoms with E-state index in [4.69, 9.17) is 4.74 Å². The standard InChI is InChI=1S/C15H25NO2/c1-10(2)16-8-14(17)9-18-15-7-6-11(3)12(4)13(15)5/h6-7,10,14,16-17H,8-9H2,1-5H3. The molecule has 0 saturated carbocycles. The van der Waals surface area contributed by atoms with E-state index in [0.29, 0.717) is 19.2 Å². The normalized spacial score (nSPS) is 12.8. The molecule has 0 bridgehead atoms. The largest absolute Gasteiger partial charge is 0.491 e. The zero-order valence-electron chi connectivity index (χ0n) is 12.1. The van der Waals surface area contributed by atoms with Crippen molar-refractivity contribution >= 4 is 0 Å². The molecule has 0 heterocycles. The predicted molar refractivity (Wildman–Crippen MR) is 75.3 cm³/mol. The van der Waals surface area contributed by atoms with Gasteiger partial charge in [0.2, 0.25) is 0 Å². The summed E-state index contributed by atoms with van der Waals surface area (Å²) in [6, 6.07) is 4.40. The molecule has 1 rings (SSSR count). The first-order valence-electron chi connectivity index (χ1n) is 6.53. The summed E-state index contributed by atoms with van der Waals surface area (Å²) in [7, 11) is 0. The van der Waals surface area contributed by atoms with Gasteiger partial charge in [-0.2, -0.15) is 0 Å². The molecule has 2 N–H and O–H groups in total. The van der Waals surface area contributed by atoms with Gasteiger partial charge < -0.3 is 15.2 Å². The molecule has 1 unspecified atom stereocenters. The zero-order valence-corrected chi connectivity index (χ0v) is 12.1. The van der Waals surface area contributed by atoms with Crippen molar-refractivity contribution in [2.45, 2.75) is 46.8 Å². The topological polar surface area (TPSA) is 41.5 Å². The van der Waals surface area contributed by atoms with Crippen molar-refractivity contribution in [3.05, 3.63) is 28.8 Å². The average Bonchev–Trinajstić information content (AvgIpc) is 2.32. The molecular formula is C15H25NO2. The van der Waals surface area contributed by atoms with Gasteiger partial charge in [-0.1, -0.05) is 19.9 Å². The summed E-state index contributed by atoms with van der Waals surface area (Å²) >= 11 is 0. The fourth-order valence-corrected chi connectivity index (χ4v) is 1.70. The lowest BCUT2D eigenvalue weighted by molar-refractivity contribution is 0.104. The van der Waals surface area contributed by atoms with Gasteiger partial charge in [-0.3, -0.25) is 0 Å². The number of nitrogens with one attached hydrogen (secondary N) is 1. The fourth-order valence-electron chi connectivity index (χ4n) is 1.70. The predicted octanol–water partition coefficient (Wildman–Crippen LogP) is 2.35. The number of aliphatic hydroxyl groups excluding tert-OH is 1. The monoisotopic (exact) mass is 251 g/mol. The van der Waals surface area contributed by atoms with Crippen LogP contribution in [0.2, 0.25) is 0 Å². The van der Waals surface area contributed by atoms with Gasteiger partial charge in [0.15, 0.2) is 0 Å². The van der Waals surface area contributed by atoms with Crippen molar-refractivity contribution in [1.29, 1.82) is 0 Å². The molecule has 18 heavy (non-hydrogen) atoms. The van der Waals surface area contributed by atoms with Crippen molar-refractivity contribution in [3.8, 4) is 5.75 Å². The Morgan fingerprint density at radius 3 is 2.44 bits per heavy atom. The van der Waals surface area contributed by atoms with Crippen molar-refractivity contribution in [2.75, 3.05) is 13.2 Å². The summed E-state index contributed by atoms with van der Waals surface area (Å²) in [6.45, 7) is 11.2. The van der Waals surface area contributed by atoms with Crippen molar-refractivity contribution in [1.82, 2.24) is 5.32 Å². The SMILES string of the molecule is Cc1ccc(OCC(O)CNC(C)C)c(C)c1C. The second-order valence-corrected chi connectivity index (χ2v) is 5.16. The fraction of sp³-hybridized carbons (Fsp3) is 0.600. The van der Waals surface area contributed by atoms with Crippen LogP contribution in [0.3, 0.4) is 0 Å². The maximum absolute atomic E-state index is 9.79. The number of aryl methyl sites for hydroxylation is 1. The van der Waals surface area contributed by atoms with E-state index in [1.807, 2.05) is 6.07 Å².